The zero-order valence-corrected chi connectivity index (χ0v) is 20.8. The van der Waals surface area contributed by atoms with Gasteiger partial charge in [-0.25, -0.2) is 0 Å². The number of likely N-dealkylation sites (tertiary alicyclic amines) is 1. The van der Waals surface area contributed by atoms with E-state index in [1.54, 1.807) is 30.3 Å². The van der Waals surface area contributed by atoms with Crippen LogP contribution >= 0.6 is 11.6 Å². The van der Waals surface area contributed by atoms with Crippen molar-refractivity contribution in [2.24, 2.45) is 0 Å². The number of nitrogens with zero attached hydrogens (tertiary/aromatic N) is 1. The Morgan fingerprint density at radius 3 is 2.59 bits per heavy atom. The standard InChI is InChI=1S/C29H25ClN2O5/c1-2-37-20-11-12-23(30)22(15-20)27(34)25-26(17-7-9-19(33)10-8-17)32(29(36)28(25)35)14-13-18-16-31-24-6-4-3-5-21(18)24/h3-12,15-16,26,31,33-34H,2,13-14H2,1H3/b27-25+. The molecule has 1 unspecified atom stereocenters. The van der Waals surface area contributed by atoms with E-state index in [2.05, 4.69) is 4.98 Å². The van der Waals surface area contributed by atoms with Gasteiger partial charge in [-0.1, -0.05) is 41.9 Å². The second kappa shape index (κ2) is 10.0. The van der Waals surface area contributed by atoms with Gasteiger partial charge in [0.05, 0.1) is 23.2 Å². The number of hydrogen-bond donors (Lipinski definition) is 3. The summed E-state index contributed by atoms with van der Waals surface area (Å²) in [5.41, 5.74) is 2.71. The average molecular weight is 517 g/mol. The zero-order valence-electron chi connectivity index (χ0n) is 20.1. The molecular formula is C29H25ClN2O5. The SMILES string of the molecule is CCOc1ccc(Cl)c(/C(O)=C2\C(=O)C(=O)N(CCc3c[nH]c4ccccc34)C2c2ccc(O)cc2)c1. The highest BCUT2D eigenvalue weighted by Gasteiger charge is 2.46. The number of benzene rings is 3. The number of halogens is 1. The van der Waals surface area contributed by atoms with Crippen molar-refractivity contribution < 1.29 is 24.5 Å². The summed E-state index contributed by atoms with van der Waals surface area (Å²) in [6, 6.07) is 18.0. The number of nitrogens with one attached hydrogen (secondary N) is 1. The van der Waals surface area contributed by atoms with Gasteiger partial charge in [0.15, 0.2) is 0 Å². The van der Waals surface area contributed by atoms with Crippen LogP contribution in [0.25, 0.3) is 16.7 Å². The number of rotatable bonds is 7. The topological polar surface area (TPSA) is 103 Å². The fourth-order valence-corrected chi connectivity index (χ4v) is 4.99. The first-order chi connectivity index (χ1) is 17.9. The van der Waals surface area contributed by atoms with E-state index < -0.39 is 17.7 Å². The van der Waals surface area contributed by atoms with E-state index in [4.69, 9.17) is 16.3 Å². The predicted octanol–water partition coefficient (Wildman–Crippen LogP) is 5.59. The number of aliphatic hydroxyl groups excluding tert-OH is 1. The monoisotopic (exact) mass is 516 g/mol. The van der Waals surface area contributed by atoms with Gasteiger partial charge in [-0.2, -0.15) is 0 Å². The highest BCUT2D eigenvalue weighted by atomic mass is 35.5. The van der Waals surface area contributed by atoms with Crippen molar-refractivity contribution in [3.63, 3.8) is 0 Å². The molecule has 0 saturated carbocycles. The summed E-state index contributed by atoms with van der Waals surface area (Å²) in [7, 11) is 0. The van der Waals surface area contributed by atoms with Gasteiger partial charge in [-0.3, -0.25) is 9.59 Å². The molecule has 1 amide bonds. The van der Waals surface area contributed by atoms with E-state index in [0.29, 0.717) is 24.3 Å². The minimum absolute atomic E-state index is 0.0481. The quantitative estimate of drug-likeness (QED) is 0.169. The van der Waals surface area contributed by atoms with Crippen LogP contribution in [0.5, 0.6) is 11.5 Å². The summed E-state index contributed by atoms with van der Waals surface area (Å²) in [6.07, 6.45) is 2.39. The summed E-state index contributed by atoms with van der Waals surface area (Å²) in [6.45, 7) is 2.48. The van der Waals surface area contributed by atoms with E-state index in [1.165, 1.54) is 17.0 Å². The number of phenols is 1. The number of amides is 1. The summed E-state index contributed by atoms with van der Waals surface area (Å²) < 4.78 is 5.54. The van der Waals surface area contributed by atoms with E-state index in [9.17, 15) is 19.8 Å². The van der Waals surface area contributed by atoms with E-state index >= 15 is 0 Å². The maximum atomic E-state index is 13.3. The molecule has 1 fully saturated rings. The zero-order chi connectivity index (χ0) is 26.1. The third-order valence-electron chi connectivity index (χ3n) is 6.55. The van der Waals surface area contributed by atoms with E-state index in [-0.39, 0.29) is 34.2 Å². The number of phenolic OH excluding ortho intramolecular Hbond substituents is 1. The molecule has 2 heterocycles. The molecule has 0 radical (unpaired) electrons. The molecule has 7 nitrogen and oxygen atoms in total. The maximum absolute atomic E-state index is 13.3. The third-order valence-corrected chi connectivity index (χ3v) is 6.88. The molecule has 1 aromatic heterocycles. The Morgan fingerprint density at radius 2 is 1.84 bits per heavy atom. The second-order valence-corrected chi connectivity index (χ2v) is 9.18. The lowest BCUT2D eigenvalue weighted by Gasteiger charge is -2.25. The Hall–Kier alpha value is -4.23. The summed E-state index contributed by atoms with van der Waals surface area (Å²) in [4.78, 5) is 31.3. The van der Waals surface area contributed by atoms with Gasteiger partial charge in [0.2, 0.25) is 0 Å². The van der Waals surface area contributed by atoms with Crippen molar-refractivity contribution in [3.8, 4) is 11.5 Å². The lowest BCUT2D eigenvalue weighted by Crippen LogP contribution is -2.31. The molecule has 1 saturated heterocycles. The number of aromatic hydroxyl groups is 1. The van der Waals surface area contributed by atoms with Crippen LogP contribution in [0.4, 0.5) is 0 Å². The highest BCUT2D eigenvalue weighted by Crippen LogP contribution is 2.41. The largest absolute Gasteiger partial charge is 0.508 e. The highest BCUT2D eigenvalue weighted by molar-refractivity contribution is 6.47. The molecule has 8 heteroatoms. The van der Waals surface area contributed by atoms with Crippen LogP contribution < -0.4 is 4.74 Å². The predicted molar refractivity (Wildman–Crippen MR) is 142 cm³/mol. The Bertz CT molecular complexity index is 1520. The first kappa shape index (κ1) is 24.5. The molecule has 1 atom stereocenters. The van der Waals surface area contributed by atoms with Crippen molar-refractivity contribution >= 4 is 40.0 Å². The van der Waals surface area contributed by atoms with Crippen molar-refractivity contribution in [3.05, 3.63) is 100 Å². The van der Waals surface area contributed by atoms with Crippen LogP contribution in [0.15, 0.2) is 78.5 Å². The molecule has 3 aromatic carbocycles. The number of ketones is 1. The number of carbonyl (C=O) groups is 2. The smallest absolute Gasteiger partial charge is 0.295 e. The molecule has 0 aliphatic carbocycles. The number of carbonyl (C=O) groups excluding carboxylic acids is 2. The number of hydrogen-bond acceptors (Lipinski definition) is 5. The molecule has 0 spiro atoms. The fraction of sp³-hybridized carbons (Fsp3) is 0.172. The number of aliphatic hydroxyl groups is 1. The summed E-state index contributed by atoms with van der Waals surface area (Å²) >= 11 is 6.39. The van der Waals surface area contributed by atoms with E-state index in [0.717, 1.165) is 16.5 Å². The average Bonchev–Trinajstić information content (AvgIpc) is 3.42. The molecule has 0 bridgehead atoms. The molecule has 5 rings (SSSR count). The minimum Gasteiger partial charge on any atom is -0.508 e. The molecule has 4 aromatic rings. The molecule has 3 N–H and O–H groups in total. The maximum Gasteiger partial charge on any atom is 0.295 e. The van der Waals surface area contributed by atoms with Gasteiger partial charge in [0.1, 0.15) is 17.3 Å². The van der Waals surface area contributed by atoms with Gasteiger partial charge in [-0.15, -0.1) is 0 Å². The minimum atomic E-state index is -0.863. The lowest BCUT2D eigenvalue weighted by molar-refractivity contribution is -0.139. The first-order valence-electron chi connectivity index (χ1n) is 11.9. The molecule has 1 aliphatic rings. The molecule has 188 valence electrons. The van der Waals surface area contributed by atoms with Gasteiger partial charge >= 0.3 is 0 Å². The van der Waals surface area contributed by atoms with Crippen molar-refractivity contribution in [1.82, 2.24) is 9.88 Å². The lowest BCUT2D eigenvalue weighted by atomic mass is 9.95. The Labute approximate surface area is 218 Å². The molecular weight excluding hydrogens is 492 g/mol. The normalized spacial score (nSPS) is 17.0. The van der Waals surface area contributed by atoms with E-state index in [1.807, 2.05) is 37.4 Å². The van der Waals surface area contributed by atoms with Crippen LogP contribution in [0, 0.1) is 0 Å². The van der Waals surface area contributed by atoms with Crippen LogP contribution in [-0.2, 0) is 16.0 Å². The van der Waals surface area contributed by atoms with Crippen molar-refractivity contribution in [2.45, 2.75) is 19.4 Å². The van der Waals surface area contributed by atoms with Crippen molar-refractivity contribution in [2.75, 3.05) is 13.2 Å². The van der Waals surface area contributed by atoms with Gasteiger partial charge in [0.25, 0.3) is 11.7 Å². The number of ether oxygens (including phenoxy) is 1. The Morgan fingerprint density at radius 1 is 1.08 bits per heavy atom. The number of Topliss-reactive ketones (excluding diaryl/α,β-unsaturated/α-hetero) is 1. The van der Waals surface area contributed by atoms with Gasteiger partial charge in [-0.05, 0) is 60.9 Å². The summed E-state index contributed by atoms with van der Waals surface area (Å²) in [5.74, 6) is -1.36. The van der Waals surface area contributed by atoms with Crippen LogP contribution in [0.3, 0.4) is 0 Å². The second-order valence-electron chi connectivity index (χ2n) is 8.77. The van der Waals surface area contributed by atoms with Gasteiger partial charge in [0, 0.05) is 29.2 Å². The van der Waals surface area contributed by atoms with Crippen LogP contribution in [0.2, 0.25) is 5.02 Å². The fourth-order valence-electron chi connectivity index (χ4n) is 4.78. The number of para-hydroxylation sites is 1. The van der Waals surface area contributed by atoms with Crippen LogP contribution in [-0.4, -0.2) is 44.9 Å². The van der Waals surface area contributed by atoms with Gasteiger partial charge < -0.3 is 24.8 Å². The number of aromatic nitrogens is 1. The number of fused-ring (bicyclic) bond motifs is 1. The number of H-pyrrole nitrogens is 1. The molecule has 1 aliphatic heterocycles. The van der Waals surface area contributed by atoms with Crippen molar-refractivity contribution in [1.29, 1.82) is 0 Å². The van der Waals surface area contributed by atoms with Crippen LogP contribution in [0.1, 0.15) is 29.7 Å². The first-order valence-corrected chi connectivity index (χ1v) is 12.3. The Kier molecular flexibility index (Phi) is 6.63. The molecule has 37 heavy (non-hydrogen) atoms. The summed E-state index contributed by atoms with van der Waals surface area (Å²) in [5, 5.41) is 22.4. The number of aromatic amines is 1. The Balaban J connectivity index is 1.58. The third kappa shape index (κ3) is 4.54.